The van der Waals surface area contributed by atoms with Crippen LogP contribution in [0.4, 0.5) is 11.4 Å². The summed E-state index contributed by atoms with van der Waals surface area (Å²) in [5, 5.41) is 6.49. The molecule has 1 aromatic heterocycles. The fraction of sp³-hybridized carbons (Fsp3) is 0.400. The molecular weight excluding hydrogens is 460 g/mol. The van der Waals surface area contributed by atoms with Gasteiger partial charge < -0.3 is 20.4 Å². The minimum atomic E-state index is -0.0192. The van der Waals surface area contributed by atoms with Gasteiger partial charge in [0.1, 0.15) is 0 Å². The van der Waals surface area contributed by atoms with Gasteiger partial charge in [-0.25, -0.2) is 0 Å². The summed E-state index contributed by atoms with van der Waals surface area (Å²) in [6.45, 7) is 7.70. The van der Waals surface area contributed by atoms with Gasteiger partial charge in [-0.15, -0.1) is 0 Å². The number of nitrogens with one attached hydrogen (secondary N) is 2. The number of carbonyl (C=O) groups excluding carboxylic acids is 1. The molecule has 0 spiro atoms. The van der Waals surface area contributed by atoms with Crippen LogP contribution in [0, 0.1) is 0 Å². The third-order valence-electron chi connectivity index (χ3n) is 7.46. The lowest BCUT2D eigenvalue weighted by Gasteiger charge is -2.34. The lowest BCUT2D eigenvalue weighted by atomic mass is 10.0. The van der Waals surface area contributed by atoms with Crippen molar-refractivity contribution in [2.24, 2.45) is 0 Å². The van der Waals surface area contributed by atoms with Gasteiger partial charge in [0.2, 0.25) is 5.91 Å². The fourth-order valence-corrected chi connectivity index (χ4v) is 5.15. The Morgan fingerprint density at radius 3 is 2.38 bits per heavy atom. The van der Waals surface area contributed by atoms with Crippen molar-refractivity contribution >= 4 is 17.3 Å². The van der Waals surface area contributed by atoms with E-state index in [0.717, 1.165) is 75.6 Å². The van der Waals surface area contributed by atoms with Crippen LogP contribution < -0.4 is 15.5 Å². The maximum absolute atomic E-state index is 12.6. The van der Waals surface area contributed by atoms with Crippen LogP contribution >= 0.6 is 0 Å². The van der Waals surface area contributed by atoms with Gasteiger partial charge in [0.25, 0.3) is 0 Å². The zero-order valence-corrected chi connectivity index (χ0v) is 21.8. The quantitative estimate of drug-likeness (QED) is 0.494. The number of hydrogen-bond acceptors (Lipinski definition) is 6. The van der Waals surface area contributed by atoms with Crippen molar-refractivity contribution in [3.05, 3.63) is 78.5 Å². The van der Waals surface area contributed by atoms with Gasteiger partial charge in [-0.05, 0) is 62.8 Å². The van der Waals surface area contributed by atoms with Gasteiger partial charge in [0, 0.05) is 61.9 Å². The van der Waals surface area contributed by atoms with E-state index in [0.29, 0.717) is 12.6 Å². The number of likely N-dealkylation sites (N-methyl/N-ethyl adjacent to an activating group) is 1. The number of benzene rings is 2. The molecule has 0 saturated carbocycles. The lowest BCUT2D eigenvalue weighted by Crippen LogP contribution is -2.44. The van der Waals surface area contributed by atoms with E-state index in [2.05, 4.69) is 92.0 Å². The first-order chi connectivity index (χ1) is 18.1. The van der Waals surface area contributed by atoms with Gasteiger partial charge in [-0.2, -0.15) is 0 Å². The highest BCUT2D eigenvalue weighted by molar-refractivity contribution is 5.92. The normalized spacial score (nSPS) is 17.6. The maximum Gasteiger partial charge on any atom is 0.238 e. The molecule has 3 aromatic rings. The number of rotatable bonds is 8. The fourth-order valence-electron chi connectivity index (χ4n) is 5.15. The van der Waals surface area contributed by atoms with Crippen LogP contribution in [0.25, 0.3) is 11.3 Å². The van der Waals surface area contributed by atoms with Crippen molar-refractivity contribution in [2.45, 2.75) is 25.4 Å². The molecule has 7 nitrogen and oxygen atoms in total. The molecule has 2 saturated heterocycles. The summed E-state index contributed by atoms with van der Waals surface area (Å²) in [7, 11) is 2.17. The number of aromatic nitrogens is 1. The Kier molecular flexibility index (Phi) is 8.46. The SMILES string of the molecule is CN1CCN(c2ccc(-c3cc(NC(=O)CNC4CCN(Cc5ccccc5)CC4)ccn3)cc2)CC1. The number of likely N-dealkylation sites (tertiary alicyclic amines) is 1. The highest BCUT2D eigenvalue weighted by Crippen LogP contribution is 2.24. The first-order valence-electron chi connectivity index (χ1n) is 13.4. The number of amides is 1. The van der Waals surface area contributed by atoms with Crippen LogP contribution in [-0.2, 0) is 11.3 Å². The monoisotopic (exact) mass is 498 g/mol. The lowest BCUT2D eigenvalue weighted by molar-refractivity contribution is -0.115. The predicted octanol–water partition coefficient (Wildman–Crippen LogP) is 3.69. The van der Waals surface area contributed by atoms with Crippen molar-refractivity contribution in [3.63, 3.8) is 0 Å². The Morgan fingerprint density at radius 2 is 1.65 bits per heavy atom. The molecule has 5 rings (SSSR count). The van der Waals surface area contributed by atoms with Gasteiger partial charge in [0.05, 0.1) is 12.2 Å². The van der Waals surface area contributed by atoms with E-state index in [1.807, 2.05) is 12.1 Å². The molecular formula is C30H38N6O. The number of hydrogen-bond donors (Lipinski definition) is 2. The molecule has 194 valence electrons. The standard InChI is InChI=1S/C30H38N6O/c1-34-17-19-36(20-18-34)28-9-7-25(8-10-28)29-21-27(11-14-31-29)33-30(37)22-32-26-12-15-35(16-13-26)23-24-5-3-2-4-6-24/h2-11,14,21,26,32H,12-13,15-20,22-23H2,1H3,(H,31,33,37). The van der Waals surface area contributed by atoms with E-state index in [1.54, 1.807) is 6.20 Å². The van der Waals surface area contributed by atoms with Crippen LogP contribution in [-0.4, -0.2) is 79.6 Å². The molecule has 0 bridgehead atoms. The summed E-state index contributed by atoms with van der Waals surface area (Å²) in [5.41, 5.74) is 5.29. The molecule has 0 radical (unpaired) electrons. The summed E-state index contributed by atoms with van der Waals surface area (Å²) in [5.74, 6) is -0.0192. The minimum Gasteiger partial charge on any atom is -0.369 e. The average molecular weight is 499 g/mol. The number of nitrogens with zero attached hydrogens (tertiary/aromatic N) is 4. The van der Waals surface area contributed by atoms with E-state index < -0.39 is 0 Å². The van der Waals surface area contributed by atoms with Crippen LogP contribution in [0.3, 0.4) is 0 Å². The second-order valence-electron chi connectivity index (χ2n) is 10.2. The van der Waals surface area contributed by atoms with Gasteiger partial charge >= 0.3 is 0 Å². The molecule has 2 aliphatic heterocycles. The number of pyridine rings is 1. The molecule has 37 heavy (non-hydrogen) atoms. The molecule has 0 atom stereocenters. The zero-order valence-electron chi connectivity index (χ0n) is 21.8. The summed E-state index contributed by atoms with van der Waals surface area (Å²) >= 11 is 0. The van der Waals surface area contributed by atoms with Gasteiger partial charge in [0.15, 0.2) is 0 Å². The first-order valence-corrected chi connectivity index (χ1v) is 13.4. The minimum absolute atomic E-state index is 0.0192. The Bertz CT molecular complexity index is 1140. The number of anilines is 2. The van der Waals surface area contributed by atoms with Crippen molar-refractivity contribution < 1.29 is 4.79 Å². The van der Waals surface area contributed by atoms with Gasteiger partial charge in [-0.3, -0.25) is 14.7 Å². The van der Waals surface area contributed by atoms with Crippen LogP contribution in [0.2, 0.25) is 0 Å². The van der Waals surface area contributed by atoms with Crippen molar-refractivity contribution in [3.8, 4) is 11.3 Å². The van der Waals surface area contributed by atoms with Crippen LogP contribution in [0.5, 0.6) is 0 Å². The summed E-state index contributed by atoms with van der Waals surface area (Å²) in [6, 6.07) is 23.4. The molecule has 0 aliphatic carbocycles. The first kappa shape index (κ1) is 25.4. The average Bonchev–Trinajstić information content (AvgIpc) is 2.94. The van der Waals surface area contributed by atoms with E-state index in [4.69, 9.17) is 0 Å². The highest BCUT2D eigenvalue weighted by atomic mass is 16.1. The third kappa shape index (κ3) is 7.16. The molecule has 2 N–H and O–H groups in total. The van der Waals surface area contributed by atoms with E-state index in [1.165, 1.54) is 11.3 Å². The largest absolute Gasteiger partial charge is 0.369 e. The molecule has 1 amide bonds. The number of piperidine rings is 1. The molecule has 2 aromatic carbocycles. The van der Waals surface area contributed by atoms with Crippen molar-refractivity contribution in [2.75, 3.05) is 63.1 Å². The third-order valence-corrected chi connectivity index (χ3v) is 7.46. The van der Waals surface area contributed by atoms with E-state index in [-0.39, 0.29) is 5.91 Å². The highest BCUT2D eigenvalue weighted by Gasteiger charge is 2.20. The molecule has 3 heterocycles. The van der Waals surface area contributed by atoms with Crippen LogP contribution in [0.15, 0.2) is 72.9 Å². The Balaban J connectivity index is 1.08. The summed E-state index contributed by atoms with van der Waals surface area (Å²) in [6.07, 6.45) is 3.88. The molecule has 2 fully saturated rings. The van der Waals surface area contributed by atoms with Crippen molar-refractivity contribution in [1.29, 1.82) is 0 Å². The molecule has 2 aliphatic rings. The van der Waals surface area contributed by atoms with Gasteiger partial charge in [-0.1, -0.05) is 42.5 Å². The molecule has 7 heteroatoms. The number of piperazine rings is 1. The summed E-state index contributed by atoms with van der Waals surface area (Å²) < 4.78 is 0. The van der Waals surface area contributed by atoms with E-state index >= 15 is 0 Å². The predicted molar refractivity (Wildman–Crippen MR) is 151 cm³/mol. The van der Waals surface area contributed by atoms with Crippen molar-refractivity contribution in [1.82, 2.24) is 20.1 Å². The summed E-state index contributed by atoms with van der Waals surface area (Å²) in [4.78, 5) is 24.4. The maximum atomic E-state index is 12.6. The Morgan fingerprint density at radius 1 is 0.919 bits per heavy atom. The zero-order chi connectivity index (χ0) is 25.5. The molecule has 0 unspecified atom stereocenters. The second kappa shape index (κ2) is 12.3. The van der Waals surface area contributed by atoms with Crippen LogP contribution in [0.1, 0.15) is 18.4 Å². The second-order valence-corrected chi connectivity index (χ2v) is 10.2. The smallest absolute Gasteiger partial charge is 0.238 e. The van der Waals surface area contributed by atoms with E-state index in [9.17, 15) is 4.79 Å². The number of carbonyl (C=O) groups is 1. The topological polar surface area (TPSA) is 63.7 Å². The Hall–Kier alpha value is -3.26. The Labute approximate surface area is 220 Å².